The summed E-state index contributed by atoms with van der Waals surface area (Å²) in [6.07, 6.45) is 5.62. The van der Waals surface area contributed by atoms with Crippen molar-refractivity contribution in [1.82, 2.24) is 0 Å². The van der Waals surface area contributed by atoms with Crippen molar-refractivity contribution < 1.29 is 0 Å². The molecule has 0 amide bonds. The molecule has 0 aromatic rings. The molecule has 0 aromatic heterocycles. The fourth-order valence-electron chi connectivity index (χ4n) is 2.14. The lowest BCUT2D eigenvalue weighted by atomic mass is 9.70. The molecule has 1 saturated carbocycles. The van der Waals surface area contributed by atoms with Crippen LogP contribution in [0.15, 0.2) is 0 Å². The highest BCUT2D eigenvalue weighted by molar-refractivity contribution is 7.18. The van der Waals surface area contributed by atoms with Gasteiger partial charge in [-0.3, -0.25) is 0 Å². The molecule has 0 heterocycles. The molecule has 12 heavy (non-hydrogen) atoms. The lowest BCUT2D eigenvalue weighted by molar-refractivity contribution is 0.165. The van der Waals surface area contributed by atoms with Gasteiger partial charge in [0.1, 0.15) is 0 Å². The van der Waals surface area contributed by atoms with Gasteiger partial charge in [0.25, 0.3) is 0 Å². The molecule has 1 heteroatoms. The van der Waals surface area contributed by atoms with Crippen molar-refractivity contribution >= 4 is 9.24 Å². The molecule has 0 aliphatic heterocycles. The second kappa shape index (κ2) is 3.29. The third-order valence-corrected chi connectivity index (χ3v) is 3.93. The topological polar surface area (TPSA) is 0 Å². The molecule has 1 atom stereocenters. The second-order valence-electron chi connectivity index (χ2n) is 5.79. The van der Waals surface area contributed by atoms with Crippen molar-refractivity contribution in [3.8, 4) is 0 Å². The van der Waals surface area contributed by atoms with Crippen molar-refractivity contribution in [2.75, 3.05) is 0 Å². The Hall–Kier alpha value is 0.430. The Morgan fingerprint density at radius 3 is 1.92 bits per heavy atom. The summed E-state index contributed by atoms with van der Waals surface area (Å²) >= 11 is 0. The first-order chi connectivity index (χ1) is 5.31. The molecule has 0 bridgehead atoms. The Balaban J connectivity index is 2.47. The SMILES string of the molecule is CC1(P)CCC(C(C)(C)C)CC1. The molecule has 0 N–H and O–H groups in total. The predicted molar refractivity (Wildman–Crippen MR) is 59.5 cm³/mol. The zero-order valence-electron chi connectivity index (χ0n) is 8.98. The molecular weight excluding hydrogens is 163 g/mol. The molecule has 72 valence electrons. The first-order valence-corrected chi connectivity index (χ1v) is 5.68. The highest BCUT2D eigenvalue weighted by Crippen LogP contribution is 2.44. The van der Waals surface area contributed by atoms with Crippen molar-refractivity contribution in [3.63, 3.8) is 0 Å². The third-order valence-electron chi connectivity index (χ3n) is 3.35. The highest BCUT2D eigenvalue weighted by atomic mass is 31.0. The van der Waals surface area contributed by atoms with E-state index >= 15 is 0 Å². The number of hydrogen-bond donors (Lipinski definition) is 0. The van der Waals surface area contributed by atoms with E-state index in [1.807, 2.05) is 0 Å². The average Bonchev–Trinajstić information content (AvgIpc) is 1.83. The summed E-state index contributed by atoms with van der Waals surface area (Å²) in [5.74, 6) is 0.950. The predicted octanol–water partition coefficient (Wildman–Crippen LogP) is 3.86. The summed E-state index contributed by atoms with van der Waals surface area (Å²) < 4.78 is 0. The summed E-state index contributed by atoms with van der Waals surface area (Å²) in [4.78, 5) is 0. The summed E-state index contributed by atoms with van der Waals surface area (Å²) in [5.41, 5.74) is 0.529. The number of hydrogen-bond acceptors (Lipinski definition) is 0. The van der Waals surface area contributed by atoms with Gasteiger partial charge in [0.15, 0.2) is 0 Å². The summed E-state index contributed by atoms with van der Waals surface area (Å²) in [5, 5.41) is 0.543. The molecule has 0 radical (unpaired) electrons. The van der Waals surface area contributed by atoms with E-state index in [9.17, 15) is 0 Å². The van der Waals surface area contributed by atoms with Crippen LogP contribution in [0.5, 0.6) is 0 Å². The van der Waals surface area contributed by atoms with Crippen LogP contribution in [0, 0.1) is 11.3 Å². The van der Waals surface area contributed by atoms with Crippen molar-refractivity contribution in [3.05, 3.63) is 0 Å². The highest BCUT2D eigenvalue weighted by Gasteiger charge is 2.32. The molecule has 1 fully saturated rings. The third kappa shape index (κ3) is 2.73. The van der Waals surface area contributed by atoms with Gasteiger partial charge in [-0.2, -0.15) is 0 Å². The maximum Gasteiger partial charge on any atom is -0.0178 e. The Kier molecular flexibility index (Phi) is 2.88. The normalized spacial score (nSPS) is 38.2. The Bertz CT molecular complexity index is 143. The van der Waals surface area contributed by atoms with E-state index in [1.165, 1.54) is 25.7 Å². The molecule has 1 rings (SSSR count). The standard InChI is InChI=1S/C11H23P/c1-10(2,3)9-5-7-11(4,12)8-6-9/h9H,5-8,12H2,1-4H3. The van der Waals surface area contributed by atoms with Gasteiger partial charge in [0.05, 0.1) is 0 Å². The van der Waals surface area contributed by atoms with E-state index < -0.39 is 0 Å². The molecular formula is C11H23P. The Morgan fingerprint density at radius 2 is 1.58 bits per heavy atom. The van der Waals surface area contributed by atoms with E-state index in [1.54, 1.807) is 0 Å². The van der Waals surface area contributed by atoms with Crippen LogP contribution in [0.4, 0.5) is 0 Å². The average molecular weight is 186 g/mol. The molecule has 1 aliphatic carbocycles. The maximum atomic E-state index is 3.02. The summed E-state index contributed by atoms with van der Waals surface area (Å²) in [6, 6.07) is 0. The van der Waals surface area contributed by atoms with E-state index in [-0.39, 0.29) is 0 Å². The van der Waals surface area contributed by atoms with Gasteiger partial charge in [-0.25, -0.2) is 0 Å². The zero-order chi connectivity index (χ0) is 9.41. The van der Waals surface area contributed by atoms with Crippen molar-refractivity contribution in [2.45, 2.75) is 58.5 Å². The fraction of sp³-hybridized carbons (Fsp3) is 1.00. The minimum atomic E-state index is 0.529. The van der Waals surface area contributed by atoms with Crippen LogP contribution in [-0.2, 0) is 0 Å². The van der Waals surface area contributed by atoms with Crippen LogP contribution in [0.25, 0.3) is 0 Å². The molecule has 1 aliphatic rings. The van der Waals surface area contributed by atoms with E-state index in [2.05, 4.69) is 36.9 Å². The van der Waals surface area contributed by atoms with Gasteiger partial charge >= 0.3 is 0 Å². The van der Waals surface area contributed by atoms with Crippen molar-refractivity contribution in [2.24, 2.45) is 11.3 Å². The van der Waals surface area contributed by atoms with Gasteiger partial charge in [-0.1, -0.05) is 27.7 Å². The van der Waals surface area contributed by atoms with Gasteiger partial charge < -0.3 is 0 Å². The van der Waals surface area contributed by atoms with Gasteiger partial charge in [0, 0.05) is 0 Å². The minimum absolute atomic E-state index is 0.529. The lowest BCUT2D eigenvalue weighted by Gasteiger charge is -2.40. The fourth-order valence-corrected chi connectivity index (χ4v) is 2.48. The molecule has 1 unspecified atom stereocenters. The molecule has 0 nitrogen and oxygen atoms in total. The molecule has 0 aromatic carbocycles. The summed E-state index contributed by atoms with van der Waals surface area (Å²) in [7, 11) is 3.02. The lowest BCUT2D eigenvalue weighted by Crippen LogP contribution is -2.30. The van der Waals surface area contributed by atoms with Crippen LogP contribution in [0.3, 0.4) is 0 Å². The molecule has 0 saturated heterocycles. The van der Waals surface area contributed by atoms with Gasteiger partial charge in [0.2, 0.25) is 0 Å². The zero-order valence-corrected chi connectivity index (χ0v) is 10.1. The first kappa shape index (κ1) is 10.5. The molecule has 0 spiro atoms. The van der Waals surface area contributed by atoms with Gasteiger partial charge in [-0.15, -0.1) is 9.24 Å². The Labute approximate surface area is 79.7 Å². The quantitative estimate of drug-likeness (QED) is 0.504. The minimum Gasteiger partial charge on any atom is -0.131 e. The van der Waals surface area contributed by atoms with Crippen LogP contribution in [0.1, 0.15) is 53.4 Å². The summed E-state index contributed by atoms with van der Waals surface area (Å²) in [6.45, 7) is 9.51. The maximum absolute atomic E-state index is 3.02. The van der Waals surface area contributed by atoms with E-state index in [4.69, 9.17) is 0 Å². The van der Waals surface area contributed by atoms with Crippen LogP contribution in [0.2, 0.25) is 0 Å². The van der Waals surface area contributed by atoms with Gasteiger partial charge in [-0.05, 0) is 42.2 Å². The van der Waals surface area contributed by atoms with Crippen LogP contribution in [-0.4, -0.2) is 5.16 Å². The number of rotatable bonds is 0. The first-order valence-electron chi connectivity index (χ1n) is 5.10. The monoisotopic (exact) mass is 186 g/mol. The smallest absolute Gasteiger partial charge is 0.0178 e. The Morgan fingerprint density at radius 1 is 1.17 bits per heavy atom. The largest absolute Gasteiger partial charge is 0.131 e. The van der Waals surface area contributed by atoms with E-state index in [0.717, 1.165) is 5.92 Å². The van der Waals surface area contributed by atoms with Crippen LogP contribution >= 0.6 is 9.24 Å². The van der Waals surface area contributed by atoms with Crippen molar-refractivity contribution in [1.29, 1.82) is 0 Å². The van der Waals surface area contributed by atoms with Crippen LogP contribution < -0.4 is 0 Å². The second-order valence-corrected chi connectivity index (χ2v) is 7.19. The van der Waals surface area contributed by atoms with E-state index in [0.29, 0.717) is 10.6 Å².